The molecular weight excluding hydrogens is 238 g/mol. The standard InChI is InChI=1S/C15H21N3O/c1-3-12(16)6-8-17-14-10-13(19-2)9-11-5-4-7-18-15(11)14/h4-5,7,9-10,12,17H,3,6,8,16H2,1-2H3. The van der Waals surface area contributed by atoms with Crippen LogP contribution in [0.25, 0.3) is 10.9 Å². The maximum absolute atomic E-state index is 5.93. The van der Waals surface area contributed by atoms with Crippen LogP contribution in [0, 0.1) is 0 Å². The highest BCUT2D eigenvalue weighted by atomic mass is 16.5. The predicted molar refractivity (Wildman–Crippen MR) is 79.7 cm³/mol. The Bertz CT molecular complexity index is 542. The Kier molecular flexibility index (Phi) is 4.58. The summed E-state index contributed by atoms with van der Waals surface area (Å²) in [6.45, 7) is 2.95. The first-order chi connectivity index (χ1) is 9.24. The number of methoxy groups -OCH3 is 1. The number of hydrogen-bond donors (Lipinski definition) is 2. The van der Waals surface area contributed by atoms with Gasteiger partial charge in [0.05, 0.1) is 18.3 Å². The molecule has 1 unspecified atom stereocenters. The van der Waals surface area contributed by atoms with Crippen LogP contribution >= 0.6 is 0 Å². The average Bonchev–Trinajstić information content (AvgIpc) is 2.46. The second-order valence-electron chi connectivity index (χ2n) is 4.63. The number of fused-ring (bicyclic) bond motifs is 1. The van der Waals surface area contributed by atoms with Gasteiger partial charge in [0, 0.05) is 30.2 Å². The molecule has 1 aromatic carbocycles. The minimum Gasteiger partial charge on any atom is -0.497 e. The maximum Gasteiger partial charge on any atom is 0.121 e. The Labute approximate surface area is 114 Å². The molecule has 1 aromatic heterocycles. The highest BCUT2D eigenvalue weighted by Gasteiger charge is 2.06. The van der Waals surface area contributed by atoms with Gasteiger partial charge in [0.2, 0.25) is 0 Å². The molecule has 0 aliphatic carbocycles. The highest BCUT2D eigenvalue weighted by Crippen LogP contribution is 2.27. The van der Waals surface area contributed by atoms with E-state index in [4.69, 9.17) is 10.5 Å². The summed E-state index contributed by atoms with van der Waals surface area (Å²) < 4.78 is 5.32. The van der Waals surface area contributed by atoms with Gasteiger partial charge in [0.15, 0.2) is 0 Å². The van der Waals surface area contributed by atoms with E-state index in [9.17, 15) is 0 Å². The van der Waals surface area contributed by atoms with Crippen LogP contribution in [0.2, 0.25) is 0 Å². The van der Waals surface area contributed by atoms with E-state index in [1.54, 1.807) is 13.3 Å². The van der Waals surface area contributed by atoms with Gasteiger partial charge in [-0.3, -0.25) is 4.98 Å². The predicted octanol–water partition coefficient (Wildman–Crippen LogP) is 2.78. The Balaban J connectivity index is 2.20. The molecule has 0 fully saturated rings. The monoisotopic (exact) mass is 259 g/mol. The molecule has 3 N–H and O–H groups in total. The van der Waals surface area contributed by atoms with Crippen molar-refractivity contribution in [2.24, 2.45) is 5.73 Å². The largest absolute Gasteiger partial charge is 0.497 e. The van der Waals surface area contributed by atoms with Crippen LogP contribution in [0.15, 0.2) is 30.5 Å². The molecule has 102 valence electrons. The lowest BCUT2D eigenvalue weighted by molar-refractivity contribution is 0.415. The van der Waals surface area contributed by atoms with E-state index >= 15 is 0 Å². The molecule has 2 aromatic rings. The van der Waals surface area contributed by atoms with Crippen molar-refractivity contribution in [1.29, 1.82) is 0 Å². The molecule has 0 aliphatic heterocycles. The summed E-state index contributed by atoms with van der Waals surface area (Å²) in [5.74, 6) is 0.836. The Morgan fingerprint density at radius 1 is 1.42 bits per heavy atom. The summed E-state index contributed by atoms with van der Waals surface area (Å²) in [7, 11) is 1.67. The topological polar surface area (TPSA) is 60.2 Å². The van der Waals surface area contributed by atoms with Gasteiger partial charge in [-0.25, -0.2) is 0 Å². The lowest BCUT2D eigenvalue weighted by Gasteiger charge is -2.13. The molecule has 0 aliphatic rings. The van der Waals surface area contributed by atoms with Crippen molar-refractivity contribution in [3.8, 4) is 5.75 Å². The molecule has 1 heterocycles. The summed E-state index contributed by atoms with van der Waals surface area (Å²) in [6, 6.07) is 8.18. The quantitative estimate of drug-likeness (QED) is 0.837. The third-order valence-electron chi connectivity index (χ3n) is 3.27. The Hall–Kier alpha value is -1.81. The maximum atomic E-state index is 5.93. The number of aromatic nitrogens is 1. The number of hydrogen-bond acceptors (Lipinski definition) is 4. The summed E-state index contributed by atoms with van der Waals surface area (Å²) in [5.41, 5.74) is 7.89. The minimum absolute atomic E-state index is 0.248. The summed E-state index contributed by atoms with van der Waals surface area (Å²) in [6.07, 6.45) is 3.75. The molecule has 0 amide bonds. The lowest BCUT2D eigenvalue weighted by Crippen LogP contribution is -2.22. The zero-order valence-electron chi connectivity index (χ0n) is 11.5. The first kappa shape index (κ1) is 13.6. The number of anilines is 1. The van der Waals surface area contributed by atoms with Gasteiger partial charge in [0.1, 0.15) is 5.75 Å². The van der Waals surface area contributed by atoms with Crippen molar-refractivity contribution in [2.75, 3.05) is 19.0 Å². The van der Waals surface area contributed by atoms with Gasteiger partial charge in [0.25, 0.3) is 0 Å². The van der Waals surface area contributed by atoms with Crippen LogP contribution in [0.5, 0.6) is 5.75 Å². The van der Waals surface area contributed by atoms with Crippen molar-refractivity contribution < 1.29 is 4.74 Å². The second kappa shape index (κ2) is 6.38. The van der Waals surface area contributed by atoms with Gasteiger partial charge in [-0.15, -0.1) is 0 Å². The van der Waals surface area contributed by atoms with Crippen LogP contribution in [0.4, 0.5) is 5.69 Å². The zero-order valence-corrected chi connectivity index (χ0v) is 11.5. The normalized spacial score (nSPS) is 12.4. The summed E-state index contributed by atoms with van der Waals surface area (Å²) >= 11 is 0. The fraction of sp³-hybridized carbons (Fsp3) is 0.400. The van der Waals surface area contributed by atoms with Gasteiger partial charge in [-0.1, -0.05) is 13.0 Å². The average molecular weight is 259 g/mol. The van der Waals surface area contributed by atoms with Crippen molar-refractivity contribution in [3.63, 3.8) is 0 Å². The van der Waals surface area contributed by atoms with E-state index in [0.717, 1.165) is 41.7 Å². The first-order valence-corrected chi connectivity index (χ1v) is 6.66. The number of benzene rings is 1. The van der Waals surface area contributed by atoms with Crippen LogP contribution in [0.3, 0.4) is 0 Å². The molecule has 2 rings (SSSR count). The number of pyridine rings is 1. The molecule has 0 radical (unpaired) electrons. The van der Waals surface area contributed by atoms with E-state index in [1.165, 1.54) is 0 Å². The molecule has 1 atom stereocenters. The third-order valence-corrected chi connectivity index (χ3v) is 3.27. The SMILES string of the molecule is CCC(N)CCNc1cc(OC)cc2cccnc12. The smallest absolute Gasteiger partial charge is 0.121 e. The molecule has 0 saturated carbocycles. The van der Waals surface area contributed by atoms with E-state index < -0.39 is 0 Å². The van der Waals surface area contributed by atoms with Gasteiger partial charge >= 0.3 is 0 Å². The van der Waals surface area contributed by atoms with Gasteiger partial charge < -0.3 is 15.8 Å². The third kappa shape index (κ3) is 3.35. The van der Waals surface area contributed by atoms with Crippen molar-refractivity contribution in [1.82, 2.24) is 4.98 Å². The molecular formula is C15H21N3O. The molecule has 4 nitrogen and oxygen atoms in total. The number of rotatable bonds is 6. The van der Waals surface area contributed by atoms with E-state index in [-0.39, 0.29) is 6.04 Å². The van der Waals surface area contributed by atoms with Gasteiger partial charge in [-0.05, 0) is 25.0 Å². The molecule has 4 heteroatoms. The zero-order chi connectivity index (χ0) is 13.7. The minimum atomic E-state index is 0.248. The fourth-order valence-electron chi connectivity index (χ4n) is 2.01. The van der Waals surface area contributed by atoms with Crippen LogP contribution in [-0.2, 0) is 0 Å². The number of nitrogens with one attached hydrogen (secondary N) is 1. The Morgan fingerprint density at radius 3 is 3.00 bits per heavy atom. The van der Waals surface area contributed by atoms with Crippen molar-refractivity contribution in [3.05, 3.63) is 30.5 Å². The lowest BCUT2D eigenvalue weighted by atomic mass is 10.1. The van der Waals surface area contributed by atoms with Gasteiger partial charge in [-0.2, -0.15) is 0 Å². The molecule has 19 heavy (non-hydrogen) atoms. The van der Waals surface area contributed by atoms with Crippen LogP contribution in [0.1, 0.15) is 19.8 Å². The number of nitrogens with two attached hydrogens (primary N) is 1. The van der Waals surface area contributed by atoms with Crippen molar-refractivity contribution >= 4 is 16.6 Å². The Morgan fingerprint density at radius 2 is 2.26 bits per heavy atom. The molecule has 0 bridgehead atoms. The van der Waals surface area contributed by atoms with Crippen molar-refractivity contribution in [2.45, 2.75) is 25.8 Å². The first-order valence-electron chi connectivity index (χ1n) is 6.66. The van der Waals surface area contributed by atoms with E-state index in [2.05, 4.69) is 17.2 Å². The summed E-state index contributed by atoms with van der Waals surface area (Å²) in [4.78, 5) is 4.43. The number of ether oxygens (including phenoxy) is 1. The second-order valence-corrected chi connectivity index (χ2v) is 4.63. The van der Waals surface area contributed by atoms with Crippen LogP contribution < -0.4 is 15.8 Å². The highest BCUT2D eigenvalue weighted by molar-refractivity contribution is 5.91. The van der Waals surface area contributed by atoms with Crippen LogP contribution in [-0.4, -0.2) is 24.7 Å². The molecule has 0 spiro atoms. The van der Waals surface area contributed by atoms with E-state index in [1.807, 2.05) is 24.3 Å². The summed E-state index contributed by atoms with van der Waals surface area (Å²) in [5, 5.41) is 4.48. The van der Waals surface area contributed by atoms with E-state index in [0.29, 0.717) is 0 Å². The fourth-order valence-corrected chi connectivity index (χ4v) is 2.01. The number of nitrogens with zero attached hydrogens (tertiary/aromatic N) is 1. The molecule has 0 saturated heterocycles.